The molecule has 3 heteroatoms. The summed E-state index contributed by atoms with van der Waals surface area (Å²) in [4.78, 5) is 10.5. The number of hydrogen-bond donors (Lipinski definition) is 1. The average molecular weight is 264 g/mol. The van der Waals surface area contributed by atoms with E-state index in [4.69, 9.17) is 9.84 Å². The van der Waals surface area contributed by atoms with E-state index in [2.05, 4.69) is 32.9 Å². The average Bonchev–Trinajstić information content (AvgIpc) is 2.27. The number of rotatable bonds is 5. The van der Waals surface area contributed by atoms with Gasteiger partial charge in [-0.15, -0.1) is 0 Å². The number of carboxylic acid groups (broad SMARTS) is 1. The van der Waals surface area contributed by atoms with Crippen molar-refractivity contribution in [3.63, 3.8) is 0 Å². The predicted molar refractivity (Wildman–Crippen MR) is 76.8 cm³/mol. The fraction of sp³-hybridized carbons (Fsp3) is 0.562. The van der Waals surface area contributed by atoms with Crippen LogP contribution in [0.2, 0.25) is 0 Å². The number of aryl methyl sites for hydroxylation is 1. The van der Waals surface area contributed by atoms with E-state index in [9.17, 15) is 4.79 Å². The van der Waals surface area contributed by atoms with Gasteiger partial charge in [-0.05, 0) is 42.9 Å². The Labute approximate surface area is 115 Å². The van der Waals surface area contributed by atoms with Crippen LogP contribution in [0.1, 0.15) is 51.7 Å². The van der Waals surface area contributed by atoms with Crippen LogP contribution in [-0.2, 0) is 10.2 Å². The van der Waals surface area contributed by atoms with Gasteiger partial charge in [0.15, 0.2) is 0 Å². The first-order valence-electron chi connectivity index (χ1n) is 6.69. The van der Waals surface area contributed by atoms with Crippen molar-refractivity contribution >= 4 is 5.97 Å². The highest BCUT2D eigenvalue weighted by Crippen LogP contribution is 2.28. The molecule has 0 fully saturated rings. The molecule has 0 heterocycles. The molecular formula is C16H24O3. The third-order valence-electron chi connectivity index (χ3n) is 3.13. The van der Waals surface area contributed by atoms with Crippen LogP contribution in [0, 0.1) is 6.92 Å². The quantitative estimate of drug-likeness (QED) is 0.876. The minimum absolute atomic E-state index is 0.0877. The molecule has 0 bridgehead atoms. The lowest BCUT2D eigenvalue weighted by molar-refractivity contribution is -0.137. The van der Waals surface area contributed by atoms with Gasteiger partial charge in [0.1, 0.15) is 5.75 Å². The van der Waals surface area contributed by atoms with Gasteiger partial charge in [0.2, 0.25) is 0 Å². The second-order valence-electron chi connectivity index (χ2n) is 6.09. The summed E-state index contributed by atoms with van der Waals surface area (Å²) in [7, 11) is 0. The molecular weight excluding hydrogens is 240 g/mol. The van der Waals surface area contributed by atoms with Crippen LogP contribution in [0.25, 0.3) is 0 Å². The van der Waals surface area contributed by atoms with Gasteiger partial charge in [0, 0.05) is 6.42 Å². The molecule has 0 amide bonds. The molecule has 0 saturated carbocycles. The molecule has 1 rings (SSSR count). The standard InChI is InChI=1S/C16H24O3/c1-11-10-13(16(3,4)5)7-8-14(11)19-12(2)6-9-15(17)18/h7-8,10,12H,6,9H2,1-5H3,(H,17,18). The Balaban J connectivity index is 2.72. The largest absolute Gasteiger partial charge is 0.490 e. The third-order valence-corrected chi connectivity index (χ3v) is 3.13. The molecule has 0 aliphatic rings. The van der Waals surface area contributed by atoms with E-state index in [1.165, 1.54) is 5.56 Å². The predicted octanol–water partition coefficient (Wildman–Crippen LogP) is 3.92. The molecule has 0 aliphatic heterocycles. The topological polar surface area (TPSA) is 46.5 Å². The van der Waals surface area contributed by atoms with Crippen LogP contribution in [0.3, 0.4) is 0 Å². The summed E-state index contributed by atoms with van der Waals surface area (Å²) in [6, 6.07) is 6.19. The van der Waals surface area contributed by atoms with E-state index in [0.29, 0.717) is 6.42 Å². The van der Waals surface area contributed by atoms with E-state index >= 15 is 0 Å². The van der Waals surface area contributed by atoms with Gasteiger partial charge in [-0.1, -0.05) is 32.9 Å². The minimum Gasteiger partial charge on any atom is -0.490 e. The molecule has 1 unspecified atom stereocenters. The van der Waals surface area contributed by atoms with Gasteiger partial charge in [-0.3, -0.25) is 4.79 Å². The molecule has 106 valence electrons. The van der Waals surface area contributed by atoms with E-state index in [1.54, 1.807) is 0 Å². The van der Waals surface area contributed by atoms with Gasteiger partial charge >= 0.3 is 5.97 Å². The highest BCUT2D eigenvalue weighted by atomic mass is 16.5. The van der Waals surface area contributed by atoms with E-state index in [-0.39, 0.29) is 17.9 Å². The van der Waals surface area contributed by atoms with Gasteiger partial charge in [0.05, 0.1) is 6.10 Å². The summed E-state index contributed by atoms with van der Waals surface area (Å²) in [6.45, 7) is 10.5. The number of benzene rings is 1. The zero-order valence-electron chi connectivity index (χ0n) is 12.5. The minimum atomic E-state index is -0.782. The molecule has 19 heavy (non-hydrogen) atoms. The lowest BCUT2D eigenvalue weighted by Crippen LogP contribution is -2.15. The van der Waals surface area contributed by atoms with Crippen molar-refractivity contribution in [3.8, 4) is 5.75 Å². The molecule has 0 aromatic heterocycles. The highest BCUT2D eigenvalue weighted by molar-refractivity contribution is 5.66. The first-order valence-corrected chi connectivity index (χ1v) is 6.69. The first-order chi connectivity index (χ1) is 8.70. The fourth-order valence-corrected chi connectivity index (χ4v) is 1.85. The second kappa shape index (κ2) is 6.09. The van der Waals surface area contributed by atoms with Gasteiger partial charge in [-0.2, -0.15) is 0 Å². The van der Waals surface area contributed by atoms with Crippen LogP contribution in [0.15, 0.2) is 18.2 Å². The Morgan fingerprint density at radius 2 is 2.00 bits per heavy atom. The summed E-state index contributed by atoms with van der Waals surface area (Å²) in [5.41, 5.74) is 2.49. The third kappa shape index (κ3) is 4.93. The monoisotopic (exact) mass is 264 g/mol. The van der Waals surface area contributed by atoms with Gasteiger partial charge < -0.3 is 9.84 Å². The zero-order valence-corrected chi connectivity index (χ0v) is 12.5. The van der Waals surface area contributed by atoms with Crippen molar-refractivity contribution in [2.24, 2.45) is 0 Å². The van der Waals surface area contributed by atoms with Crippen LogP contribution in [0.5, 0.6) is 5.75 Å². The molecule has 1 N–H and O–H groups in total. The number of ether oxygens (including phenoxy) is 1. The lowest BCUT2D eigenvalue weighted by atomic mass is 9.86. The molecule has 1 aromatic carbocycles. The Morgan fingerprint density at radius 1 is 1.37 bits per heavy atom. The van der Waals surface area contributed by atoms with E-state index in [0.717, 1.165) is 11.3 Å². The molecule has 0 saturated heterocycles. The Morgan fingerprint density at radius 3 is 2.47 bits per heavy atom. The fourth-order valence-electron chi connectivity index (χ4n) is 1.85. The van der Waals surface area contributed by atoms with Crippen LogP contribution >= 0.6 is 0 Å². The van der Waals surface area contributed by atoms with Crippen molar-refractivity contribution in [1.29, 1.82) is 0 Å². The zero-order chi connectivity index (χ0) is 14.6. The number of aliphatic carboxylic acids is 1. The van der Waals surface area contributed by atoms with Crippen molar-refractivity contribution < 1.29 is 14.6 Å². The van der Waals surface area contributed by atoms with Crippen molar-refractivity contribution in [1.82, 2.24) is 0 Å². The molecule has 0 aliphatic carbocycles. The van der Waals surface area contributed by atoms with E-state index < -0.39 is 5.97 Å². The number of carboxylic acids is 1. The summed E-state index contributed by atoms with van der Waals surface area (Å²) in [5, 5.41) is 8.65. The Bertz CT molecular complexity index is 444. The SMILES string of the molecule is Cc1cc(C(C)(C)C)ccc1OC(C)CCC(=O)O. The summed E-state index contributed by atoms with van der Waals surface area (Å²) in [6.07, 6.45) is 0.575. The summed E-state index contributed by atoms with van der Waals surface area (Å²) < 4.78 is 5.80. The molecule has 0 radical (unpaired) electrons. The Hall–Kier alpha value is -1.51. The normalized spacial score (nSPS) is 13.1. The number of carbonyl (C=O) groups is 1. The smallest absolute Gasteiger partial charge is 0.303 e. The van der Waals surface area contributed by atoms with Crippen LogP contribution < -0.4 is 4.74 Å². The molecule has 3 nitrogen and oxygen atoms in total. The van der Waals surface area contributed by atoms with Crippen LogP contribution in [-0.4, -0.2) is 17.2 Å². The highest BCUT2D eigenvalue weighted by Gasteiger charge is 2.15. The lowest BCUT2D eigenvalue weighted by Gasteiger charge is -2.22. The van der Waals surface area contributed by atoms with Crippen molar-refractivity contribution in [3.05, 3.63) is 29.3 Å². The number of hydrogen-bond acceptors (Lipinski definition) is 2. The van der Waals surface area contributed by atoms with Crippen molar-refractivity contribution in [2.45, 2.75) is 59.0 Å². The maximum atomic E-state index is 10.5. The second-order valence-corrected chi connectivity index (χ2v) is 6.09. The first kappa shape index (κ1) is 15.5. The van der Waals surface area contributed by atoms with Crippen LogP contribution in [0.4, 0.5) is 0 Å². The molecule has 0 spiro atoms. The van der Waals surface area contributed by atoms with E-state index in [1.807, 2.05) is 19.9 Å². The summed E-state index contributed by atoms with van der Waals surface area (Å²) >= 11 is 0. The molecule has 1 atom stereocenters. The summed E-state index contributed by atoms with van der Waals surface area (Å²) in [5.74, 6) is 0.0566. The van der Waals surface area contributed by atoms with Gasteiger partial charge in [0.25, 0.3) is 0 Å². The maximum absolute atomic E-state index is 10.5. The van der Waals surface area contributed by atoms with Gasteiger partial charge in [-0.25, -0.2) is 0 Å². The Kier molecular flexibility index (Phi) is 4.98. The molecule has 1 aromatic rings. The maximum Gasteiger partial charge on any atom is 0.303 e. The van der Waals surface area contributed by atoms with Crippen molar-refractivity contribution in [2.75, 3.05) is 0 Å².